The summed E-state index contributed by atoms with van der Waals surface area (Å²) in [5, 5.41) is 14.7. The molecule has 0 radical (unpaired) electrons. The minimum atomic E-state index is -4.53. The van der Waals surface area contributed by atoms with Crippen molar-refractivity contribution >= 4 is 17.7 Å². The summed E-state index contributed by atoms with van der Waals surface area (Å²) in [5.41, 5.74) is 0.333. The Morgan fingerprint density at radius 1 is 1.14 bits per heavy atom. The molecule has 2 N–H and O–H groups in total. The standard InChI is InChI=1S/C24H26F4N6O/c1-30-23-32-19(14-6-7-15(12-29)18(25)10-14)11-21(33-23)34-13-16(8-9-20(34)24(26,27)28)22(35)31-17-4-2-3-5-17/h6-7,10-11,16-17,20H,2-5,8-9,13H2,1H3,(H,31,35)(H,30,32,33)/t16-,20-/m1/s1. The summed E-state index contributed by atoms with van der Waals surface area (Å²) in [6.07, 6.45) is -0.819. The summed E-state index contributed by atoms with van der Waals surface area (Å²) in [4.78, 5) is 22.5. The highest BCUT2D eigenvalue weighted by Gasteiger charge is 2.48. The van der Waals surface area contributed by atoms with Crippen LogP contribution >= 0.6 is 0 Å². The van der Waals surface area contributed by atoms with Crippen LogP contribution in [0, 0.1) is 23.1 Å². The molecule has 0 bridgehead atoms. The van der Waals surface area contributed by atoms with Crippen LogP contribution in [0.4, 0.5) is 29.3 Å². The van der Waals surface area contributed by atoms with Crippen LogP contribution in [0.2, 0.25) is 0 Å². The van der Waals surface area contributed by atoms with Crippen LogP contribution in [0.25, 0.3) is 11.3 Å². The number of rotatable bonds is 5. The molecule has 7 nitrogen and oxygen atoms in total. The van der Waals surface area contributed by atoms with E-state index in [0.717, 1.165) is 36.6 Å². The number of aromatic nitrogens is 2. The lowest BCUT2D eigenvalue weighted by Gasteiger charge is -2.41. The number of halogens is 4. The smallest absolute Gasteiger partial charge is 0.357 e. The molecule has 1 aliphatic heterocycles. The first-order valence-electron chi connectivity index (χ1n) is 11.6. The van der Waals surface area contributed by atoms with E-state index in [-0.39, 0.29) is 59.9 Å². The molecule has 2 fully saturated rings. The normalized spacial score (nSPS) is 21.0. The van der Waals surface area contributed by atoms with Crippen molar-refractivity contribution in [3.8, 4) is 17.3 Å². The fourth-order valence-corrected chi connectivity index (χ4v) is 4.77. The average Bonchev–Trinajstić information content (AvgIpc) is 3.35. The van der Waals surface area contributed by atoms with E-state index in [2.05, 4.69) is 20.6 Å². The summed E-state index contributed by atoms with van der Waals surface area (Å²) in [6.45, 7) is -0.149. The number of alkyl halides is 3. The van der Waals surface area contributed by atoms with E-state index in [1.54, 1.807) is 6.07 Å². The molecule has 0 spiro atoms. The number of anilines is 2. The topological polar surface area (TPSA) is 93.9 Å². The maximum absolute atomic E-state index is 14.2. The average molecular weight is 491 g/mol. The van der Waals surface area contributed by atoms with Gasteiger partial charge in [-0.05, 0) is 37.8 Å². The van der Waals surface area contributed by atoms with Crippen LogP contribution in [0.15, 0.2) is 24.3 Å². The zero-order chi connectivity index (χ0) is 25.2. The third-order valence-corrected chi connectivity index (χ3v) is 6.65. The van der Waals surface area contributed by atoms with Gasteiger partial charge >= 0.3 is 6.18 Å². The second-order valence-corrected chi connectivity index (χ2v) is 8.97. The molecule has 1 aliphatic carbocycles. The summed E-state index contributed by atoms with van der Waals surface area (Å²) < 4.78 is 56.2. The van der Waals surface area contributed by atoms with E-state index >= 15 is 0 Å². The minimum Gasteiger partial charge on any atom is -0.357 e. The van der Waals surface area contributed by atoms with Gasteiger partial charge in [0.2, 0.25) is 11.9 Å². The molecule has 2 heterocycles. The Kier molecular flexibility index (Phi) is 7.10. The SMILES string of the molecule is CNc1nc(-c2ccc(C#N)c(F)c2)cc(N2C[C@H](C(=O)NC3CCCC3)CC[C@@H]2C(F)(F)F)n1. The maximum Gasteiger partial charge on any atom is 0.408 e. The van der Waals surface area contributed by atoms with Crippen molar-refractivity contribution in [2.75, 3.05) is 23.8 Å². The van der Waals surface area contributed by atoms with Gasteiger partial charge in [-0.15, -0.1) is 0 Å². The number of nitrogens with one attached hydrogen (secondary N) is 2. The molecule has 1 aromatic heterocycles. The fraction of sp³-hybridized carbons (Fsp3) is 0.500. The minimum absolute atomic E-state index is 0.00944. The number of piperidine rings is 1. The monoisotopic (exact) mass is 490 g/mol. The van der Waals surface area contributed by atoms with Crippen LogP contribution in [0.3, 0.4) is 0 Å². The zero-order valence-electron chi connectivity index (χ0n) is 19.2. The van der Waals surface area contributed by atoms with Gasteiger partial charge in [-0.3, -0.25) is 4.79 Å². The van der Waals surface area contributed by atoms with Gasteiger partial charge in [0.25, 0.3) is 0 Å². The lowest BCUT2D eigenvalue weighted by atomic mass is 9.91. The quantitative estimate of drug-likeness (QED) is 0.604. The number of carbonyl (C=O) groups is 1. The van der Waals surface area contributed by atoms with Crippen molar-refractivity contribution in [1.82, 2.24) is 15.3 Å². The number of nitrogens with zero attached hydrogens (tertiary/aromatic N) is 4. The number of hydrogen-bond acceptors (Lipinski definition) is 6. The van der Waals surface area contributed by atoms with E-state index in [0.29, 0.717) is 0 Å². The molecule has 35 heavy (non-hydrogen) atoms. The van der Waals surface area contributed by atoms with Gasteiger partial charge in [0.15, 0.2) is 0 Å². The van der Waals surface area contributed by atoms with Crippen molar-refractivity contribution in [2.45, 2.75) is 56.8 Å². The Hall–Kier alpha value is -3.42. The van der Waals surface area contributed by atoms with Gasteiger partial charge < -0.3 is 15.5 Å². The molecule has 0 unspecified atom stereocenters. The van der Waals surface area contributed by atoms with Gasteiger partial charge in [0, 0.05) is 31.3 Å². The third kappa shape index (κ3) is 5.47. The van der Waals surface area contributed by atoms with Crippen LogP contribution in [-0.4, -0.2) is 47.7 Å². The largest absolute Gasteiger partial charge is 0.408 e. The van der Waals surface area contributed by atoms with Crippen LogP contribution in [0.5, 0.6) is 0 Å². The predicted molar refractivity (Wildman–Crippen MR) is 122 cm³/mol. The summed E-state index contributed by atoms with van der Waals surface area (Å²) >= 11 is 0. The molecule has 1 aromatic carbocycles. The lowest BCUT2D eigenvalue weighted by molar-refractivity contribution is -0.156. The van der Waals surface area contributed by atoms with E-state index < -0.39 is 24.0 Å². The number of carbonyl (C=O) groups excluding carboxylic acids is 1. The maximum atomic E-state index is 14.2. The molecule has 2 aromatic rings. The van der Waals surface area contributed by atoms with E-state index in [1.807, 2.05) is 0 Å². The molecular weight excluding hydrogens is 464 g/mol. The molecule has 2 atom stereocenters. The predicted octanol–water partition coefficient (Wildman–Crippen LogP) is 4.40. The van der Waals surface area contributed by atoms with Crippen molar-refractivity contribution in [1.29, 1.82) is 5.26 Å². The van der Waals surface area contributed by atoms with Crippen molar-refractivity contribution in [3.05, 3.63) is 35.6 Å². The molecule has 186 valence electrons. The second kappa shape index (κ2) is 10.1. The van der Waals surface area contributed by atoms with Gasteiger partial charge in [-0.25, -0.2) is 9.37 Å². The first-order chi connectivity index (χ1) is 16.7. The van der Waals surface area contributed by atoms with Crippen LogP contribution in [-0.2, 0) is 4.79 Å². The Balaban J connectivity index is 1.68. The third-order valence-electron chi connectivity index (χ3n) is 6.65. The first-order valence-corrected chi connectivity index (χ1v) is 11.6. The zero-order valence-corrected chi connectivity index (χ0v) is 19.2. The molecule has 1 amide bonds. The van der Waals surface area contributed by atoms with E-state index in [4.69, 9.17) is 5.26 Å². The van der Waals surface area contributed by atoms with E-state index in [1.165, 1.54) is 25.2 Å². The molecular formula is C24H26F4N6O. The van der Waals surface area contributed by atoms with E-state index in [9.17, 15) is 22.4 Å². The van der Waals surface area contributed by atoms with Crippen molar-refractivity contribution < 1.29 is 22.4 Å². The van der Waals surface area contributed by atoms with Crippen molar-refractivity contribution in [2.24, 2.45) is 5.92 Å². The molecule has 1 saturated heterocycles. The van der Waals surface area contributed by atoms with Crippen LogP contribution < -0.4 is 15.5 Å². The van der Waals surface area contributed by atoms with Gasteiger partial charge in [0.1, 0.15) is 23.7 Å². The first kappa shape index (κ1) is 24.7. The Morgan fingerprint density at radius 2 is 1.89 bits per heavy atom. The molecule has 4 rings (SSSR count). The van der Waals surface area contributed by atoms with Crippen molar-refractivity contribution in [3.63, 3.8) is 0 Å². The Bertz CT molecular complexity index is 1130. The highest BCUT2D eigenvalue weighted by molar-refractivity contribution is 5.80. The van der Waals surface area contributed by atoms with Gasteiger partial charge in [-0.1, -0.05) is 18.9 Å². The number of hydrogen-bond donors (Lipinski definition) is 2. The lowest BCUT2D eigenvalue weighted by Crippen LogP contribution is -2.54. The molecule has 11 heteroatoms. The van der Waals surface area contributed by atoms with Crippen LogP contribution in [0.1, 0.15) is 44.1 Å². The summed E-state index contributed by atoms with van der Waals surface area (Å²) in [6, 6.07) is 5.22. The highest BCUT2D eigenvalue weighted by Crippen LogP contribution is 2.38. The highest BCUT2D eigenvalue weighted by atomic mass is 19.4. The second-order valence-electron chi connectivity index (χ2n) is 8.97. The molecule has 2 aliphatic rings. The summed E-state index contributed by atoms with van der Waals surface area (Å²) in [5.74, 6) is -1.56. The number of amides is 1. The summed E-state index contributed by atoms with van der Waals surface area (Å²) in [7, 11) is 1.53. The molecule has 1 saturated carbocycles. The van der Waals surface area contributed by atoms with Gasteiger partial charge in [0.05, 0.1) is 17.2 Å². The number of benzene rings is 1. The Morgan fingerprint density at radius 3 is 2.51 bits per heavy atom. The van der Waals surface area contributed by atoms with Gasteiger partial charge in [-0.2, -0.15) is 23.4 Å². The number of nitriles is 1. The fourth-order valence-electron chi connectivity index (χ4n) is 4.77. The Labute approximate surface area is 200 Å².